The topological polar surface area (TPSA) is 29.3 Å². The van der Waals surface area contributed by atoms with Crippen molar-refractivity contribution < 1.29 is 0 Å². The number of nitrogens with two attached hydrogens (primary N) is 1. The summed E-state index contributed by atoms with van der Waals surface area (Å²) in [5.74, 6) is 0. The van der Waals surface area contributed by atoms with Crippen LogP contribution >= 0.6 is 0 Å². The fourth-order valence-corrected chi connectivity index (χ4v) is 7.78. The zero-order chi connectivity index (χ0) is 8.58. The Morgan fingerprint density at radius 3 is 1.27 bits per heavy atom. The molecule has 0 amide bonds. The summed E-state index contributed by atoms with van der Waals surface area (Å²) in [4.78, 5) is 0. The van der Waals surface area contributed by atoms with Gasteiger partial charge in [0.05, 0.1) is 0 Å². The average Bonchev–Trinajstić information content (AvgIpc) is 1.59. The van der Waals surface area contributed by atoms with Gasteiger partial charge in [0.2, 0.25) is 0 Å². The van der Waals surface area contributed by atoms with Crippen molar-refractivity contribution in [1.82, 2.24) is 4.23 Å². The van der Waals surface area contributed by atoms with Crippen LogP contribution in [0.5, 0.6) is 0 Å². The second-order valence-electron chi connectivity index (χ2n) is 4.38. The summed E-state index contributed by atoms with van der Waals surface area (Å²) < 4.78 is 2.43. The van der Waals surface area contributed by atoms with Crippen LogP contribution < -0.4 is 5.40 Å². The van der Waals surface area contributed by atoms with E-state index in [9.17, 15) is 0 Å². The molecule has 0 aromatic rings. The predicted octanol–water partition coefficient (Wildman–Crippen LogP) is 0.765. The molecule has 0 aromatic heterocycles. The Hall–Kier alpha value is 0.951. The molecule has 0 aliphatic rings. The van der Waals surface area contributed by atoms with Crippen molar-refractivity contribution in [3.05, 3.63) is 0 Å². The normalized spacial score (nSPS) is 13.1. The number of nitrogens with zero attached hydrogens (tertiary/aromatic N) is 1. The molecule has 0 saturated heterocycles. The summed E-state index contributed by atoms with van der Waals surface area (Å²) >= 11 is 0. The third kappa shape index (κ3) is 5.23. The van der Waals surface area contributed by atoms with Crippen LogP contribution in [0.1, 0.15) is 0 Å². The van der Waals surface area contributed by atoms with Gasteiger partial charge in [-0.2, -0.15) is 0 Å². The Labute approximate surface area is 85.0 Å². The molecule has 0 atom stereocenters. The zero-order valence-electron chi connectivity index (χ0n) is 8.02. The average molecular weight is 184 g/mol. The SMILES string of the molecule is CN([Si](C)(C)C)[Si](C)(C)N.[LiH]. The van der Waals surface area contributed by atoms with Gasteiger partial charge in [0.15, 0.2) is 8.40 Å². The van der Waals surface area contributed by atoms with E-state index in [1.54, 1.807) is 0 Å². The van der Waals surface area contributed by atoms with Crippen molar-refractivity contribution in [2.24, 2.45) is 5.40 Å². The van der Waals surface area contributed by atoms with Crippen molar-refractivity contribution in [3.8, 4) is 0 Å². The molecule has 64 valence electrons. The molecule has 2 nitrogen and oxygen atoms in total. The molecule has 0 heterocycles. The summed E-state index contributed by atoms with van der Waals surface area (Å²) in [5.41, 5.74) is 0. The van der Waals surface area contributed by atoms with Crippen LogP contribution in [0.4, 0.5) is 0 Å². The number of rotatable bonds is 2. The van der Waals surface area contributed by atoms with E-state index in [2.05, 4.69) is 44.0 Å². The van der Waals surface area contributed by atoms with Gasteiger partial charge in [-0.15, -0.1) is 0 Å². The predicted molar refractivity (Wildman–Crippen MR) is 59.9 cm³/mol. The molecule has 5 heteroatoms. The van der Waals surface area contributed by atoms with Crippen LogP contribution in [-0.2, 0) is 0 Å². The van der Waals surface area contributed by atoms with Gasteiger partial charge in [0.25, 0.3) is 0 Å². The zero-order valence-corrected chi connectivity index (χ0v) is 10.0. The summed E-state index contributed by atoms with van der Waals surface area (Å²) in [6.07, 6.45) is 0. The number of hydrogen-bond acceptors (Lipinski definition) is 2. The molecule has 0 radical (unpaired) electrons. The molecule has 0 bridgehead atoms. The van der Waals surface area contributed by atoms with E-state index in [1.165, 1.54) is 0 Å². The third-order valence-corrected chi connectivity index (χ3v) is 9.35. The van der Waals surface area contributed by atoms with Gasteiger partial charge in [-0.05, 0) is 20.1 Å². The minimum absolute atomic E-state index is 0. The standard InChI is InChI=1S/C6H20N2Si2.Li.H/c1-8(9(2,3)4)10(5,6)7;;/h7H2,1-6H3;;. The van der Waals surface area contributed by atoms with Crippen LogP contribution in [0.15, 0.2) is 0 Å². The Morgan fingerprint density at radius 2 is 1.27 bits per heavy atom. The Kier molecular flexibility index (Phi) is 5.61. The summed E-state index contributed by atoms with van der Waals surface area (Å²) in [7, 11) is -0.462. The van der Waals surface area contributed by atoms with E-state index in [0.717, 1.165) is 0 Å². The van der Waals surface area contributed by atoms with Crippen LogP contribution in [0.2, 0.25) is 32.7 Å². The Morgan fingerprint density at radius 1 is 1.00 bits per heavy atom. The van der Waals surface area contributed by atoms with Crippen LogP contribution in [0.25, 0.3) is 0 Å². The summed E-state index contributed by atoms with van der Waals surface area (Å²) in [6.45, 7) is 11.4. The van der Waals surface area contributed by atoms with Crippen molar-refractivity contribution in [3.63, 3.8) is 0 Å². The van der Waals surface area contributed by atoms with E-state index < -0.39 is 16.6 Å². The molecule has 0 spiro atoms. The third-order valence-electron chi connectivity index (χ3n) is 1.87. The Balaban J connectivity index is 0. The molecular weight excluding hydrogens is 163 g/mol. The Bertz CT molecular complexity index is 103. The van der Waals surface area contributed by atoms with Crippen LogP contribution in [-0.4, -0.2) is 46.8 Å². The first kappa shape index (κ1) is 14.5. The molecule has 0 saturated carbocycles. The van der Waals surface area contributed by atoms with Gasteiger partial charge in [-0.1, -0.05) is 19.6 Å². The van der Waals surface area contributed by atoms with E-state index in [1.807, 2.05) is 0 Å². The van der Waals surface area contributed by atoms with Crippen molar-refractivity contribution in [2.45, 2.75) is 32.7 Å². The molecular formula is C6H21LiN2Si2. The minimum atomic E-state index is -1.50. The molecule has 0 unspecified atom stereocenters. The van der Waals surface area contributed by atoms with E-state index in [4.69, 9.17) is 5.40 Å². The second kappa shape index (κ2) is 4.26. The molecule has 0 rings (SSSR count). The fourth-order valence-electron chi connectivity index (χ4n) is 0.864. The molecule has 2 N–H and O–H groups in total. The van der Waals surface area contributed by atoms with Gasteiger partial charge in [0.1, 0.15) is 8.24 Å². The quantitative estimate of drug-likeness (QED) is 0.642. The van der Waals surface area contributed by atoms with Gasteiger partial charge in [-0.3, -0.25) is 0 Å². The summed E-state index contributed by atoms with van der Waals surface area (Å²) in [6, 6.07) is 0. The molecule has 0 aliphatic carbocycles. The van der Waals surface area contributed by atoms with Gasteiger partial charge >= 0.3 is 18.9 Å². The first-order chi connectivity index (χ1) is 4.15. The van der Waals surface area contributed by atoms with Crippen LogP contribution in [0, 0.1) is 0 Å². The first-order valence-corrected chi connectivity index (χ1v) is 10.2. The molecule has 0 aliphatic heterocycles. The van der Waals surface area contributed by atoms with Crippen molar-refractivity contribution in [1.29, 1.82) is 0 Å². The van der Waals surface area contributed by atoms with E-state index in [-0.39, 0.29) is 18.9 Å². The molecule has 0 aromatic carbocycles. The molecule has 0 fully saturated rings. The maximum absolute atomic E-state index is 6.06. The summed E-state index contributed by atoms with van der Waals surface area (Å²) in [5, 5.41) is 6.06. The second-order valence-corrected chi connectivity index (χ2v) is 13.8. The first-order valence-electron chi connectivity index (χ1n) is 3.68. The maximum atomic E-state index is 6.06. The van der Waals surface area contributed by atoms with Crippen molar-refractivity contribution >= 4 is 35.5 Å². The van der Waals surface area contributed by atoms with Crippen molar-refractivity contribution in [2.75, 3.05) is 7.05 Å². The van der Waals surface area contributed by atoms with Gasteiger partial charge < -0.3 is 9.63 Å². The molecule has 11 heavy (non-hydrogen) atoms. The van der Waals surface area contributed by atoms with Crippen LogP contribution in [0.3, 0.4) is 0 Å². The van der Waals surface area contributed by atoms with Gasteiger partial charge in [-0.25, -0.2) is 0 Å². The van der Waals surface area contributed by atoms with E-state index >= 15 is 0 Å². The van der Waals surface area contributed by atoms with Gasteiger partial charge in [0, 0.05) is 0 Å². The fraction of sp³-hybridized carbons (Fsp3) is 1.00. The monoisotopic (exact) mass is 184 g/mol. The van der Waals surface area contributed by atoms with E-state index in [0.29, 0.717) is 0 Å². The number of hydrogen-bond donors (Lipinski definition) is 1.